The minimum absolute atomic E-state index is 0. The fourth-order valence-corrected chi connectivity index (χ4v) is 6.74. The van der Waals surface area contributed by atoms with Gasteiger partial charge in [-0.15, -0.1) is 29.1 Å². The molecule has 0 spiro atoms. The molecule has 0 unspecified atom stereocenters. The minimum atomic E-state index is -0.337. The number of aliphatic hydroxyl groups is 1. The molecule has 6 rings (SSSR count). The van der Waals surface area contributed by atoms with Gasteiger partial charge in [0.25, 0.3) is 0 Å². The van der Waals surface area contributed by atoms with Gasteiger partial charge in [-0.05, 0) is 66.7 Å². The van der Waals surface area contributed by atoms with Crippen LogP contribution in [-0.4, -0.2) is 20.9 Å². The van der Waals surface area contributed by atoms with E-state index >= 15 is 0 Å². The van der Waals surface area contributed by atoms with Crippen molar-refractivity contribution >= 4 is 16.6 Å². The Hall–Kier alpha value is -3.92. The third kappa shape index (κ3) is 8.64. The molecule has 1 aliphatic carbocycles. The van der Waals surface area contributed by atoms with E-state index in [4.69, 9.17) is 9.97 Å². The fraction of sp³-hybridized carbons (Fsp3) is 0.383. The zero-order valence-electron chi connectivity index (χ0n) is 32.5. The molecule has 4 nitrogen and oxygen atoms in total. The van der Waals surface area contributed by atoms with Crippen molar-refractivity contribution < 1.29 is 30.0 Å². The summed E-state index contributed by atoms with van der Waals surface area (Å²) in [7, 11) is 0. The van der Waals surface area contributed by atoms with Gasteiger partial charge in [0.05, 0.1) is 5.69 Å². The van der Waals surface area contributed by atoms with Crippen LogP contribution >= 0.6 is 0 Å². The summed E-state index contributed by atoms with van der Waals surface area (Å²) < 4.78 is 0. The van der Waals surface area contributed by atoms with Crippen LogP contribution in [0.3, 0.4) is 0 Å². The van der Waals surface area contributed by atoms with Crippen LogP contribution in [0.2, 0.25) is 0 Å². The van der Waals surface area contributed by atoms with E-state index < -0.39 is 0 Å². The average Bonchev–Trinajstić information content (AvgIpc) is 3.16. The summed E-state index contributed by atoms with van der Waals surface area (Å²) in [6, 6.07) is 29.4. The summed E-state index contributed by atoms with van der Waals surface area (Å²) in [5, 5.41) is 12.5. The van der Waals surface area contributed by atoms with Gasteiger partial charge < -0.3 is 5.11 Å². The second-order valence-corrected chi connectivity index (χ2v) is 15.6. The summed E-state index contributed by atoms with van der Waals surface area (Å²) in [4.78, 5) is 21.9. The number of hydrogen-bond acceptors (Lipinski definition) is 4. The maximum atomic E-state index is 12.2. The summed E-state index contributed by atoms with van der Waals surface area (Å²) in [5.74, 6) is 0.286. The van der Waals surface area contributed by atoms with E-state index in [0.29, 0.717) is 0 Å². The number of carbonyl (C=O) groups excluding carboxylic acids is 1. The number of allylic oxidation sites excluding steroid dienone is 2. The zero-order chi connectivity index (χ0) is 37.0. The number of aryl methyl sites for hydroxylation is 2. The van der Waals surface area contributed by atoms with Crippen LogP contribution in [0.5, 0.6) is 0 Å². The topological polar surface area (TPSA) is 63.1 Å². The second kappa shape index (κ2) is 16.8. The summed E-state index contributed by atoms with van der Waals surface area (Å²) in [6.45, 7) is 18.9. The van der Waals surface area contributed by atoms with Crippen molar-refractivity contribution in [3.8, 4) is 33.6 Å². The van der Waals surface area contributed by atoms with Crippen LogP contribution in [0.15, 0.2) is 97.0 Å². The molecule has 3 aromatic carbocycles. The molecule has 1 aliphatic rings. The van der Waals surface area contributed by atoms with Crippen molar-refractivity contribution in [2.45, 2.75) is 106 Å². The van der Waals surface area contributed by atoms with E-state index in [2.05, 4.69) is 99.8 Å². The van der Waals surface area contributed by atoms with Gasteiger partial charge in [0.2, 0.25) is 0 Å². The molecule has 0 bridgehead atoms. The Morgan fingerprint density at radius 1 is 0.731 bits per heavy atom. The Morgan fingerprint density at radius 2 is 1.33 bits per heavy atom. The minimum Gasteiger partial charge on any atom is -0.512 e. The number of fused-ring (bicyclic) bond motifs is 4. The van der Waals surface area contributed by atoms with Crippen LogP contribution in [0, 0.1) is 16.9 Å². The molecular formula is C47H55IrN2O2-. The molecule has 5 heteroatoms. The maximum Gasteiger partial charge on any atom is 0.164 e. The Balaban J connectivity index is 0.000000289. The first kappa shape index (κ1) is 40.8. The molecule has 0 aliphatic heterocycles. The molecule has 1 N–H and O–H groups in total. The van der Waals surface area contributed by atoms with Gasteiger partial charge in [0.15, 0.2) is 5.78 Å². The van der Waals surface area contributed by atoms with Gasteiger partial charge in [-0.3, -0.25) is 14.8 Å². The van der Waals surface area contributed by atoms with E-state index in [1.165, 1.54) is 39.3 Å². The predicted molar refractivity (Wildman–Crippen MR) is 214 cm³/mol. The van der Waals surface area contributed by atoms with Crippen LogP contribution in [0.4, 0.5) is 0 Å². The van der Waals surface area contributed by atoms with Gasteiger partial charge in [-0.2, -0.15) is 0 Å². The Bertz CT molecular complexity index is 2030. The summed E-state index contributed by atoms with van der Waals surface area (Å²) >= 11 is 0. The van der Waals surface area contributed by atoms with Gasteiger partial charge in [0.1, 0.15) is 5.76 Å². The average molecular weight is 872 g/mol. The molecular weight excluding hydrogens is 817 g/mol. The number of aromatic nitrogens is 2. The number of benzene rings is 3. The van der Waals surface area contributed by atoms with E-state index in [0.717, 1.165) is 66.4 Å². The molecule has 0 saturated carbocycles. The quantitative estimate of drug-likeness (QED) is 0.0910. The first-order chi connectivity index (χ1) is 24.3. The number of hydrogen-bond donors (Lipinski definition) is 1. The van der Waals surface area contributed by atoms with Crippen molar-refractivity contribution in [2.75, 3.05) is 0 Å². The predicted octanol–water partition coefficient (Wildman–Crippen LogP) is 12.5. The number of rotatable bonds is 9. The van der Waals surface area contributed by atoms with Crippen molar-refractivity contribution in [1.82, 2.24) is 9.97 Å². The smallest absolute Gasteiger partial charge is 0.164 e. The zero-order valence-corrected chi connectivity index (χ0v) is 34.9. The van der Waals surface area contributed by atoms with E-state index in [1.807, 2.05) is 53.8 Å². The number of pyridine rings is 2. The largest absolute Gasteiger partial charge is 0.512 e. The number of carbonyl (C=O) groups is 1. The molecule has 275 valence electrons. The molecule has 52 heavy (non-hydrogen) atoms. The Morgan fingerprint density at radius 3 is 1.96 bits per heavy atom. The molecule has 0 saturated heterocycles. The van der Waals surface area contributed by atoms with Gasteiger partial charge in [-0.1, -0.05) is 128 Å². The van der Waals surface area contributed by atoms with Crippen LogP contribution in [0.25, 0.3) is 44.4 Å². The van der Waals surface area contributed by atoms with Gasteiger partial charge in [-0.25, -0.2) is 0 Å². The van der Waals surface area contributed by atoms with Crippen molar-refractivity contribution in [3.63, 3.8) is 0 Å². The maximum absolute atomic E-state index is 12.2. The van der Waals surface area contributed by atoms with Gasteiger partial charge in [0, 0.05) is 66.2 Å². The number of ketones is 1. The molecule has 0 atom stereocenters. The van der Waals surface area contributed by atoms with Crippen LogP contribution in [0.1, 0.15) is 105 Å². The normalized spacial score (nSPS) is 13.0. The van der Waals surface area contributed by atoms with Crippen molar-refractivity contribution in [2.24, 2.45) is 10.8 Å². The van der Waals surface area contributed by atoms with E-state index in [-0.39, 0.29) is 47.9 Å². The van der Waals surface area contributed by atoms with Crippen molar-refractivity contribution in [3.05, 3.63) is 120 Å². The van der Waals surface area contributed by atoms with Crippen LogP contribution < -0.4 is 0 Å². The fourth-order valence-electron chi connectivity index (χ4n) is 6.74. The molecule has 2 aromatic heterocycles. The monoisotopic (exact) mass is 872 g/mol. The molecule has 0 fully saturated rings. The Labute approximate surface area is 325 Å². The standard InChI is InChI=1S/C32H27N2.C15H28O2.Ir/c1-32(2,3)29-16-25(15-22-11-7-8-12-26(22)29)31-18-27-24(19-33-31)14-13-23-17-30(34-20-28(23)27)21-9-5-4-6-10-21;1-7-14(5,8-2)12(16)11-13(17)15(6,9-3)10-4;/h4-12,16-20H,13-14H2,1-3H3;11,16H,7-10H2,1-6H3;/q-1;;/b;12-11-;. The first-order valence-electron chi connectivity index (χ1n) is 18.7. The third-order valence-electron chi connectivity index (χ3n) is 11.5. The van der Waals surface area contributed by atoms with E-state index in [9.17, 15) is 9.90 Å². The SMILES string of the molecule is CC(C)(C)c1cc(-c2cc3c(cn2)CCc2cc(-c4ccccc4)ncc2-3)[c-]c2ccccc12.CCC(C)(CC)C(=O)/C=C(\O)C(C)(CC)CC.[Ir]. The molecule has 5 aromatic rings. The summed E-state index contributed by atoms with van der Waals surface area (Å²) in [6.07, 6.45) is 10.9. The van der Waals surface area contributed by atoms with Crippen LogP contribution in [-0.2, 0) is 43.2 Å². The number of aliphatic hydroxyl groups excluding tert-OH is 1. The molecule has 2 heterocycles. The van der Waals surface area contributed by atoms with Crippen molar-refractivity contribution in [1.29, 1.82) is 0 Å². The first-order valence-corrected chi connectivity index (χ1v) is 18.7. The van der Waals surface area contributed by atoms with E-state index in [1.54, 1.807) is 0 Å². The van der Waals surface area contributed by atoms with Gasteiger partial charge >= 0.3 is 0 Å². The summed E-state index contributed by atoms with van der Waals surface area (Å²) in [5.41, 5.74) is 10.1. The number of nitrogens with zero attached hydrogens (tertiary/aromatic N) is 2. The Kier molecular flexibility index (Phi) is 13.2. The molecule has 1 radical (unpaired) electrons. The third-order valence-corrected chi connectivity index (χ3v) is 11.5. The molecule has 0 amide bonds. The second-order valence-electron chi connectivity index (χ2n) is 15.6.